The van der Waals surface area contributed by atoms with Crippen LogP contribution >= 0.6 is 11.8 Å². The molecule has 0 spiro atoms. The van der Waals surface area contributed by atoms with Crippen LogP contribution in [0.3, 0.4) is 0 Å². The van der Waals surface area contributed by atoms with Crippen LogP contribution in [0.2, 0.25) is 0 Å². The summed E-state index contributed by atoms with van der Waals surface area (Å²) >= 11 is 1.01. The number of amides is 2. The molecular weight excluding hydrogens is 448 g/mol. The fourth-order valence-corrected chi connectivity index (χ4v) is 4.11. The van der Waals surface area contributed by atoms with Gasteiger partial charge in [0.05, 0.1) is 34.0 Å². The number of allylic oxidation sites excluding steroid dienone is 1. The predicted octanol–water partition coefficient (Wildman–Crippen LogP) is 3.41. The summed E-state index contributed by atoms with van der Waals surface area (Å²) in [5.74, 6) is -1.13. The number of nitro benzene ring substituents is 1. The van der Waals surface area contributed by atoms with Gasteiger partial charge in [-0.1, -0.05) is 17.8 Å². The Hall–Kier alpha value is -4.04. The summed E-state index contributed by atoms with van der Waals surface area (Å²) in [7, 11) is 0. The third-order valence-electron chi connectivity index (χ3n) is 4.75. The first-order valence-electron chi connectivity index (χ1n) is 9.89. The summed E-state index contributed by atoms with van der Waals surface area (Å²) < 4.78 is 5.40. The third kappa shape index (κ3) is 5.81. The van der Waals surface area contributed by atoms with Crippen molar-refractivity contribution in [2.45, 2.75) is 19.3 Å². The average molecular weight is 468 g/mol. The summed E-state index contributed by atoms with van der Waals surface area (Å²) in [4.78, 5) is 34.8. The SMILES string of the molecule is CCOc1cc(C2CC(=O)NC(SCC(=O)Nc3ccc([N+](=O)[O-])cc3)=C2C#N)ccc1O. The van der Waals surface area contributed by atoms with Gasteiger partial charge in [0.25, 0.3) is 5.69 Å². The van der Waals surface area contributed by atoms with Crippen LogP contribution in [-0.2, 0) is 9.59 Å². The summed E-state index contributed by atoms with van der Waals surface area (Å²) in [6.45, 7) is 2.12. The second-order valence-corrected chi connectivity index (χ2v) is 7.95. The van der Waals surface area contributed by atoms with E-state index in [9.17, 15) is 30.1 Å². The standard InChI is InChI=1S/C22H20N4O6S/c1-2-32-19-9-13(3-8-18(19)27)16-10-20(28)25-22(17(16)11-23)33-12-21(29)24-14-4-6-15(7-5-14)26(30)31/h3-9,16,27H,2,10,12H2,1H3,(H,24,29)(H,25,28). The van der Waals surface area contributed by atoms with Crippen molar-refractivity contribution in [3.8, 4) is 17.6 Å². The molecule has 0 fully saturated rings. The van der Waals surface area contributed by atoms with E-state index in [0.29, 0.717) is 23.4 Å². The van der Waals surface area contributed by atoms with E-state index in [1.165, 1.54) is 30.3 Å². The lowest BCUT2D eigenvalue weighted by Crippen LogP contribution is -2.31. The number of non-ortho nitro benzene ring substituents is 1. The van der Waals surface area contributed by atoms with Gasteiger partial charge in [-0.15, -0.1) is 0 Å². The molecule has 3 N–H and O–H groups in total. The lowest BCUT2D eigenvalue weighted by Gasteiger charge is -2.25. The Kier molecular flexibility index (Phi) is 7.53. The van der Waals surface area contributed by atoms with Gasteiger partial charge < -0.3 is 20.5 Å². The van der Waals surface area contributed by atoms with Crippen molar-refractivity contribution in [1.29, 1.82) is 5.26 Å². The van der Waals surface area contributed by atoms with E-state index in [1.807, 2.05) is 0 Å². The molecular formula is C22H20N4O6S. The van der Waals surface area contributed by atoms with Crippen molar-refractivity contribution in [2.24, 2.45) is 0 Å². The van der Waals surface area contributed by atoms with Crippen LogP contribution in [0.4, 0.5) is 11.4 Å². The number of nitrogens with zero attached hydrogens (tertiary/aromatic N) is 2. The Morgan fingerprint density at radius 3 is 2.73 bits per heavy atom. The number of phenols is 1. The van der Waals surface area contributed by atoms with Crippen molar-refractivity contribution >= 4 is 35.0 Å². The fourth-order valence-electron chi connectivity index (χ4n) is 3.24. The molecule has 2 aromatic carbocycles. The molecule has 2 amide bonds. The monoisotopic (exact) mass is 468 g/mol. The van der Waals surface area contributed by atoms with Crippen LogP contribution in [0.5, 0.6) is 11.5 Å². The third-order valence-corrected chi connectivity index (χ3v) is 5.77. The maximum atomic E-state index is 12.3. The largest absolute Gasteiger partial charge is 0.504 e. The molecule has 0 saturated carbocycles. The first-order chi connectivity index (χ1) is 15.8. The molecule has 1 heterocycles. The molecule has 10 nitrogen and oxygen atoms in total. The summed E-state index contributed by atoms with van der Waals surface area (Å²) in [5, 5.41) is 36.0. The molecule has 0 aliphatic carbocycles. The molecule has 1 unspecified atom stereocenters. The predicted molar refractivity (Wildman–Crippen MR) is 122 cm³/mol. The first-order valence-corrected chi connectivity index (χ1v) is 10.9. The number of benzene rings is 2. The van der Waals surface area contributed by atoms with Crippen molar-refractivity contribution in [3.05, 3.63) is 68.7 Å². The molecule has 33 heavy (non-hydrogen) atoms. The van der Waals surface area contributed by atoms with Crippen molar-refractivity contribution in [3.63, 3.8) is 0 Å². The maximum absolute atomic E-state index is 12.3. The second kappa shape index (κ2) is 10.5. The van der Waals surface area contributed by atoms with Gasteiger partial charge in [-0.05, 0) is 36.8 Å². The van der Waals surface area contributed by atoms with E-state index in [1.54, 1.807) is 19.1 Å². The van der Waals surface area contributed by atoms with Gasteiger partial charge >= 0.3 is 0 Å². The Bertz CT molecular complexity index is 1160. The van der Waals surface area contributed by atoms with E-state index in [4.69, 9.17) is 4.74 Å². The molecule has 0 radical (unpaired) electrons. The molecule has 2 aromatic rings. The van der Waals surface area contributed by atoms with Crippen LogP contribution < -0.4 is 15.4 Å². The van der Waals surface area contributed by atoms with E-state index >= 15 is 0 Å². The number of carbonyl (C=O) groups excluding carboxylic acids is 2. The van der Waals surface area contributed by atoms with Gasteiger partial charge in [0.2, 0.25) is 11.8 Å². The van der Waals surface area contributed by atoms with Crippen molar-refractivity contribution < 1.29 is 24.4 Å². The van der Waals surface area contributed by atoms with Crippen molar-refractivity contribution in [2.75, 3.05) is 17.7 Å². The van der Waals surface area contributed by atoms with E-state index in [2.05, 4.69) is 16.7 Å². The normalized spacial score (nSPS) is 15.4. The first kappa shape index (κ1) is 23.6. The summed E-state index contributed by atoms with van der Waals surface area (Å²) in [5.41, 5.74) is 1.23. The molecule has 0 bridgehead atoms. The van der Waals surface area contributed by atoms with Crippen LogP contribution in [0, 0.1) is 21.4 Å². The highest BCUT2D eigenvalue weighted by atomic mass is 32.2. The Balaban J connectivity index is 1.75. The smallest absolute Gasteiger partial charge is 0.269 e. The zero-order chi connectivity index (χ0) is 24.0. The molecule has 0 aromatic heterocycles. The van der Waals surface area contributed by atoms with E-state index < -0.39 is 16.7 Å². The lowest BCUT2D eigenvalue weighted by molar-refractivity contribution is -0.384. The number of phenolic OH excluding ortho intramolecular Hbond substituents is 1. The molecule has 1 atom stereocenters. The van der Waals surface area contributed by atoms with E-state index in [-0.39, 0.29) is 40.3 Å². The van der Waals surface area contributed by atoms with Gasteiger partial charge in [0.1, 0.15) is 0 Å². The highest BCUT2D eigenvalue weighted by molar-refractivity contribution is 8.03. The molecule has 0 saturated heterocycles. The maximum Gasteiger partial charge on any atom is 0.269 e. The van der Waals surface area contributed by atoms with Crippen LogP contribution in [0.15, 0.2) is 53.1 Å². The van der Waals surface area contributed by atoms with Gasteiger partial charge in [-0.25, -0.2) is 0 Å². The lowest BCUT2D eigenvalue weighted by atomic mass is 9.87. The molecule has 11 heteroatoms. The number of thioether (sulfide) groups is 1. The van der Waals surface area contributed by atoms with Crippen LogP contribution in [-0.4, -0.2) is 34.2 Å². The zero-order valence-corrected chi connectivity index (χ0v) is 18.3. The number of nitro groups is 1. The van der Waals surface area contributed by atoms with Gasteiger partial charge in [0, 0.05) is 30.2 Å². The highest BCUT2D eigenvalue weighted by Crippen LogP contribution is 2.39. The zero-order valence-electron chi connectivity index (χ0n) is 17.5. The highest BCUT2D eigenvalue weighted by Gasteiger charge is 2.30. The minimum Gasteiger partial charge on any atom is -0.504 e. The number of hydrogen-bond acceptors (Lipinski definition) is 8. The molecule has 1 aliphatic heterocycles. The van der Waals surface area contributed by atoms with Gasteiger partial charge in [-0.3, -0.25) is 19.7 Å². The quantitative estimate of drug-likeness (QED) is 0.393. The fraction of sp³-hybridized carbons (Fsp3) is 0.227. The summed E-state index contributed by atoms with van der Waals surface area (Å²) in [6, 6.07) is 12.2. The second-order valence-electron chi connectivity index (χ2n) is 6.96. The van der Waals surface area contributed by atoms with Gasteiger partial charge in [0.15, 0.2) is 11.5 Å². The van der Waals surface area contributed by atoms with E-state index in [0.717, 1.165) is 11.8 Å². The average Bonchev–Trinajstić information content (AvgIpc) is 2.79. The number of hydrogen-bond donors (Lipinski definition) is 3. The number of aromatic hydroxyl groups is 1. The minimum absolute atomic E-state index is 0.0400. The molecule has 1 aliphatic rings. The molecule has 3 rings (SSSR count). The number of carbonyl (C=O) groups is 2. The number of nitrogens with one attached hydrogen (secondary N) is 2. The van der Waals surface area contributed by atoms with Crippen LogP contribution in [0.25, 0.3) is 0 Å². The number of nitriles is 1. The Morgan fingerprint density at radius 1 is 1.36 bits per heavy atom. The van der Waals surface area contributed by atoms with Crippen LogP contribution in [0.1, 0.15) is 24.8 Å². The Labute approximate surface area is 193 Å². The summed E-state index contributed by atoms with van der Waals surface area (Å²) in [6.07, 6.45) is 0.0400. The molecule has 170 valence electrons. The topological polar surface area (TPSA) is 155 Å². The van der Waals surface area contributed by atoms with Crippen molar-refractivity contribution in [1.82, 2.24) is 5.32 Å². The van der Waals surface area contributed by atoms with Gasteiger partial charge in [-0.2, -0.15) is 5.26 Å². The number of anilines is 1. The Morgan fingerprint density at radius 2 is 2.09 bits per heavy atom. The number of ether oxygens (including phenoxy) is 1. The number of rotatable bonds is 8. The minimum atomic E-state index is -0.552.